The smallest absolute Gasteiger partial charge is 0.251 e. The van der Waals surface area contributed by atoms with Gasteiger partial charge in [-0.3, -0.25) is 9.69 Å². The van der Waals surface area contributed by atoms with Crippen LogP contribution in [0.15, 0.2) is 42.5 Å². The Kier molecular flexibility index (Phi) is 6.01. The Morgan fingerprint density at radius 2 is 1.75 bits per heavy atom. The normalized spacial score (nSPS) is 11.0. The van der Waals surface area contributed by atoms with Gasteiger partial charge >= 0.3 is 0 Å². The molecule has 0 spiro atoms. The maximum absolute atomic E-state index is 11.6. The summed E-state index contributed by atoms with van der Waals surface area (Å²) >= 11 is 5.60. The Morgan fingerprint density at radius 3 is 2.36 bits per heavy atom. The molecule has 2 aromatic carbocycles. The molecule has 0 saturated heterocycles. The number of carbonyl (C=O) groups is 1. The number of aromatic nitrogens is 4. The van der Waals surface area contributed by atoms with Crippen molar-refractivity contribution in [2.75, 3.05) is 14.1 Å². The highest BCUT2D eigenvalue weighted by Crippen LogP contribution is 2.18. The van der Waals surface area contributed by atoms with Crippen molar-refractivity contribution in [2.24, 2.45) is 0 Å². The van der Waals surface area contributed by atoms with Gasteiger partial charge in [0.1, 0.15) is 0 Å². The number of amides is 1. The molecule has 3 aromatic rings. The summed E-state index contributed by atoms with van der Waals surface area (Å²) in [6.45, 7) is 5.29. The van der Waals surface area contributed by atoms with Crippen molar-refractivity contribution in [3.8, 4) is 5.69 Å². The number of carbonyl (C=O) groups excluding carboxylic acids is 1. The fourth-order valence-electron chi connectivity index (χ4n) is 3.14. The maximum Gasteiger partial charge on any atom is 0.251 e. The van der Waals surface area contributed by atoms with Gasteiger partial charge in [-0.1, -0.05) is 30.3 Å². The highest BCUT2D eigenvalue weighted by Gasteiger charge is 2.12. The van der Waals surface area contributed by atoms with Crippen molar-refractivity contribution in [2.45, 2.75) is 27.1 Å². The number of hydrogen-bond acceptors (Lipinski definition) is 5. The van der Waals surface area contributed by atoms with Crippen LogP contribution < -0.4 is 5.32 Å². The standard InChI is InChI=1S/C20H24N6OS/c1-14-6-5-7-15(2)18(14)26-20(28)25(22-23-26)13-24(4)12-16-8-10-17(11-9-16)19(27)21-3/h5-11H,12-13H2,1-4H3,(H,21,27). The van der Waals surface area contributed by atoms with E-state index in [2.05, 4.69) is 20.6 Å². The van der Waals surface area contributed by atoms with Crippen LogP contribution in [0.25, 0.3) is 5.69 Å². The summed E-state index contributed by atoms with van der Waals surface area (Å²) in [5.41, 5.74) is 4.93. The average molecular weight is 397 g/mol. The molecule has 0 radical (unpaired) electrons. The molecule has 8 heteroatoms. The molecule has 3 rings (SSSR count). The summed E-state index contributed by atoms with van der Waals surface area (Å²) in [7, 11) is 3.62. The zero-order valence-electron chi connectivity index (χ0n) is 16.5. The van der Waals surface area contributed by atoms with Crippen molar-refractivity contribution in [3.05, 3.63) is 69.5 Å². The van der Waals surface area contributed by atoms with Crippen LogP contribution in [0.1, 0.15) is 27.0 Å². The molecule has 0 aliphatic rings. The Bertz CT molecular complexity index is 1020. The van der Waals surface area contributed by atoms with Crippen molar-refractivity contribution >= 4 is 18.1 Å². The van der Waals surface area contributed by atoms with Crippen LogP contribution in [-0.4, -0.2) is 44.7 Å². The lowest BCUT2D eigenvalue weighted by Gasteiger charge is -2.16. The van der Waals surface area contributed by atoms with Crippen molar-refractivity contribution in [1.82, 2.24) is 30.0 Å². The van der Waals surface area contributed by atoms with E-state index in [1.54, 1.807) is 16.4 Å². The van der Waals surface area contributed by atoms with E-state index < -0.39 is 0 Å². The number of benzene rings is 2. The van der Waals surface area contributed by atoms with Crippen molar-refractivity contribution < 1.29 is 4.79 Å². The molecular weight excluding hydrogens is 372 g/mol. The number of para-hydroxylation sites is 1. The first-order valence-corrected chi connectivity index (χ1v) is 9.40. The highest BCUT2D eigenvalue weighted by atomic mass is 32.1. The highest BCUT2D eigenvalue weighted by molar-refractivity contribution is 7.71. The van der Waals surface area contributed by atoms with Gasteiger partial charge < -0.3 is 5.32 Å². The number of rotatable bonds is 6. The number of nitrogens with one attached hydrogen (secondary N) is 1. The molecule has 0 unspecified atom stereocenters. The molecule has 1 amide bonds. The number of aryl methyl sites for hydroxylation is 2. The number of tetrazole rings is 1. The molecule has 1 heterocycles. The van der Waals surface area contributed by atoms with Gasteiger partial charge in [-0.15, -0.1) is 0 Å². The van der Waals surface area contributed by atoms with Gasteiger partial charge in [-0.05, 0) is 72.4 Å². The van der Waals surface area contributed by atoms with Crippen molar-refractivity contribution in [1.29, 1.82) is 0 Å². The van der Waals surface area contributed by atoms with Crippen LogP contribution in [0.3, 0.4) is 0 Å². The SMILES string of the molecule is CNC(=O)c1ccc(CN(C)Cn2nnn(-c3c(C)cccc3C)c2=S)cc1. The fraction of sp³-hybridized carbons (Fsp3) is 0.300. The molecular formula is C20H24N6OS. The van der Waals surface area contributed by atoms with E-state index in [4.69, 9.17) is 12.2 Å². The van der Waals surface area contributed by atoms with E-state index in [-0.39, 0.29) is 5.91 Å². The molecule has 0 aliphatic heterocycles. The number of hydrogen-bond donors (Lipinski definition) is 1. The van der Waals surface area contributed by atoms with Gasteiger partial charge in [-0.2, -0.15) is 4.68 Å². The summed E-state index contributed by atoms with van der Waals surface area (Å²) in [6.07, 6.45) is 0. The Balaban J connectivity index is 1.73. The average Bonchev–Trinajstić information content (AvgIpc) is 3.02. The lowest BCUT2D eigenvalue weighted by atomic mass is 10.1. The van der Waals surface area contributed by atoms with Crippen LogP contribution >= 0.6 is 12.2 Å². The molecule has 1 N–H and O–H groups in total. The van der Waals surface area contributed by atoms with Crippen LogP contribution in [0.2, 0.25) is 0 Å². The first-order valence-electron chi connectivity index (χ1n) is 8.99. The first kappa shape index (κ1) is 19.9. The second-order valence-corrected chi connectivity index (χ2v) is 7.21. The van der Waals surface area contributed by atoms with E-state index in [0.29, 0.717) is 23.5 Å². The topological polar surface area (TPSA) is 68.0 Å². The fourth-order valence-corrected chi connectivity index (χ4v) is 3.36. The second-order valence-electron chi connectivity index (χ2n) is 6.84. The van der Waals surface area contributed by atoms with Crippen LogP contribution in [0, 0.1) is 18.6 Å². The zero-order chi connectivity index (χ0) is 20.3. The van der Waals surface area contributed by atoms with Gasteiger partial charge in [0, 0.05) is 19.2 Å². The Labute approximate surface area is 169 Å². The largest absolute Gasteiger partial charge is 0.355 e. The zero-order valence-corrected chi connectivity index (χ0v) is 17.3. The van der Waals surface area contributed by atoms with Gasteiger partial charge in [0.25, 0.3) is 5.91 Å². The molecule has 0 fully saturated rings. The predicted octanol–water partition coefficient (Wildman–Crippen LogP) is 2.86. The molecule has 28 heavy (non-hydrogen) atoms. The van der Waals surface area contributed by atoms with Crippen LogP contribution in [-0.2, 0) is 13.2 Å². The molecule has 0 bridgehead atoms. The lowest BCUT2D eigenvalue weighted by molar-refractivity contribution is 0.0963. The third kappa shape index (κ3) is 4.18. The molecule has 7 nitrogen and oxygen atoms in total. The Morgan fingerprint density at radius 1 is 1.11 bits per heavy atom. The monoisotopic (exact) mass is 396 g/mol. The number of nitrogens with zero attached hydrogens (tertiary/aromatic N) is 5. The van der Waals surface area contributed by atoms with Gasteiger partial charge in [0.05, 0.1) is 12.4 Å². The Hall–Kier alpha value is -2.84. The van der Waals surface area contributed by atoms with Gasteiger partial charge in [-0.25, -0.2) is 4.68 Å². The van der Waals surface area contributed by atoms with Gasteiger partial charge in [0.2, 0.25) is 4.77 Å². The van der Waals surface area contributed by atoms with E-state index in [1.807, 2.05) is 63.4 Å². The molecule has 0 atom stereocenters. The molecule has 0 saturated carbocycles. The van der Waals surface area contributed by atoms with E-state index >= 15 is 0 Å². The molecule has 146 valence electrons. The maximum atomic E-state index is 11.6. The van der Waals surface area contributed by atoms with Crippen LogP contribution in [0.5, 0.6) is 0 Å². The molecule has 1 aromatic heterocycles. The van der Waals surface area contributed by atoms with Gasteiger partial charge in [0.15, 0.2) is 0 Å². The van der Waals surface area contributed by atoms with E-state index in [9.17, 15) is 4.79 Å². The summed E-state index contributed by atoms with van der Waals surface area (Å²) in [5, 5.41) is 11.1. The van der Waals surface area contributed by atoms with Crippen LogP contribution in [0.4, 0.5) is 0 Å². The van der Waals surface area contributed by atoms with E-state index in [0.717, 1.165) is 22.4 Å². The van der Waals surface area contributed by atoms with E-state index in [1.165, 1.54) is 0 Å². The third-order valence-electron chi connectivity index (χ3n) is 4.56. The minimum atomic E-state index is -0.0886. The summed E-state index contributed by atoms with van der Waals surface area (Å²) in [4.78, 5) is 13.7. The second kappa shape index (κ2) is 8.45. The van der Waals surface area contributed by atoms with Crippen molar-refractivity contribution in [3.63, 3.8) is 0 Å². The summed E-state index contributed by atoms with van der Waals surface area (Å²) < 4.78 is 3.98. The quantitative estimate of drug-likeness (QED) is 0.649. The minimum Gasteiger partial charge on any atom is -0.355 e. The summed E-state index contributed by atoms with van der Waals surface area (Å²) in [5.74, 6) is -0.0886. The minimum absolute atomic E-state index is 0.0886. The third-order valence-corrected chi connectivity index (χ3v) is 4.95. The first-order chi connectivity index (χ1) is 13.4. The molecule has 0 aliphatic carbocycles. The summed E-state index contributed by atoms with van der Waals surface area (Å²) in [6, 6.07) is 13.7. The lowest BCUT2D eigenvalue weighted by Crippen LogP contribution is -2.23. The predicted molar refractivity (Wildman–Crippen MR) is 111 cm³/mol.